The lowest BCUT2D eigenvalue weighted by Gasteiger charge is -2.06. The van der Waals surface area contributed by atoms with Crippen LogP contribution in [0, 0.1) is 0 Å². The second-order valence-corrected chi connectivity index (χ2v) is 2.96. The Morgan fingerprint density at radius 2 is 2.50 bits per heavy atom. The topological polar surface area (TPSA) is 55.8 Å². The van der Waals surface area contributed by atoms with Crippen LogP contribution in [0.15, 0.2) is 0 Å². The van der Waals surface area contributed by atoms with E-state index in [1.807, 2.05) is 0 Å². The molecule has 2 unspecified atom stereocenters. The zero-order chi connectivity index (χ0) is 8.97. The van der Waals surface area contributed by atoms with Crippen LogP contribution >= 0.6 is 0 Å². The van der Waals surface area contributed by atoms with E-state index in [-0.39, 0.29) is 18.2 Å². The van der Waals surface area contributed by atoms with Crippen LogP contribution < -0.4 is 0 Å². The lowest BCUT2D eigenvalue weighted by molar-refractivity contribution is -0.141. The maximum absolute atomic E-state index is 10.7. The molecule has 0 bridgehead atoms. The first-order valence-corrected chi connectivity index (χ1v) is 4.09. The highest BCUT2D eigenvalue weighted by atomic mass is 16.5. The molecule has 4 heteroatoms. The van der Waals surface area contributed by atoms with Crippen LogP contribution in [0.4, 0.5) is 0 Å². The Bertz CT molecular complexity index is 157. The SMILES string of the molecule is COC(=O)CCC1CC(O)CO1. The van der Waals surface area contributed by atoms with Gasteiger partial charge in [-0.05, 0) is 6.42 Å². The number of hydrogen-bond acceptors (Lipinski definition) is 4. The van der Waals surface area contributed by atoms with E-state index in [1.54, 1.807) is 0 Å². The minimum Gasteiger partial charge on any atom is -0.469 e. The van der Waals surface area contributed by atoms with Crippen molar-refractivity contribution >= 4 is 5.97 Å². The number of rotatable bonds is 3. The van der Waals surface area contributed by atoms with Crippen molar-refractivity contribution in [3.8, 4) is 0 Å². The van der Waals surface area contributed by atoms with Gasteiger partial charge in [0.2, 0.25) is 0 Å². The van der Waals surface area contributed by atoms with Gasteiger partial charge in [-0.15, -0.1) is 0 Å². The van der Waals surface area contributed by atoms with Crippen LogP contribution in [0.3, 0.4) is 0 Å². The first kappa shape index (κ1) is 9.48. The summed E-state index contributed by atoms with van der Waals surface area (Å²) in [6.45, 7) is 0.395. The van der Waals surface area contributed by atoms with E-state index < -0.39 is 0 Å². The minimum absolute atomic E-state index is 0.0269. The van der Waals surface area contributed by atoms with Crippen molar-refractivity contribution in [3.63, 3.8) is 0 Å². The van der Waals surface area contributed by atoms with Gasteiger partial charge < -0.3 is 14.6 Å². The van der Waals surface area contributed by atoms with E-state index in [2.05, 4.69) is 4.74 Å². The van der Waals surface area contributed by atoms with Crippen LogP contribution in [0.25, 0.3) is 0 Å². The average Bonchev–Trinajstić information content (AvgIpc) is 2.47. The smallest absolute Gasteiger partial charge is 0.305 e. The highest BCUT2D eigenvalue weighted by molar-refractivity contribution is 5.69. The van der Waals surface area contributed by atoms with E-state index in [0.29, 0.717) is 25.9 Å². The summed E-state index contributed by atoms with van der Waals surface area (Å²) in [7, 11) is 1.37. The molecule has 0 aromatic rings. The molecule has 0 spiro atoms. The van der Waals surface area contributed by atoms with Gasteiger partial charge in [0.25, 0.3) is 0 Å². The zero-order valence-corrected chi connectivity index (χ0v) is 7.16. The van der Waals surface area contributed by atoms with Crippen LogP contribution in [0.1, 0.15) is 19.3 Å². The molecule has 2 atom stereocenters. The van der Waals surface area contributed by atoms with E-state index in [1.165, 1.54) is 7.11 Å². The van der Waals surface area contributed by atoms with Crippen LogP contribution in [0.2, 0.25) is 0 Å². The standard InChI is InChI=1S/C8H14O4/c1-11-8(10)3-2-7-4-6(9)5-12-7/h6-7,9H,2-5H2,1H3. The summed E-state index contributed by atoms with van der Waals surface area (Å²) in [5, 5.41) is 9.08. The molecule has 0 aromatic carbocycles. The van der Waals surface area contributed by atoms with E-state index in [9.17, 15) is 4.79 Å². The third-order valence-corrected chi connectivity index (χ3v) is 1.96. The Balaban J connectivity index is 2.11. The van der Waals surface area contributed by atoms with Crippen molar-refractivity contribution in [2.45, 2.75) is 31.5 Å². The van der Waals surface area contributed by atoms with Gasteiger partial charge in [0.05, 0.1) is 25.9 Å². The minimum atomic E-state index is -0.354. The highest BCUT2D eigenvalue weighted by Crippen LogP contribution is 2.17. The predicted molar refractivity (Wildman–Crippen MR) is 41.6 cm³/mol. The van der Waals surface area contributed by atoms with Gasteiger partial charge in [0.15, 0.2) is 0 Å². The van der Waals surface area contributed by atoms with E-state index in [4.69, 9.17) is 9.84 Å². The number of aliphatic hydroxyl groups excluding tert-OH is 1. The van der Waals surface area contributed by atoms with Crippen LogP contribution in [-0.4, -0.2) is 37.0 Å². The molecule has 1 N–H and O–H groups in total. The molecular formula is C8H14O4. The fourth-order valence-corrected chi connectivity index (χ4v) is 1.27. The van der Waals surface area contributed by atoms with Crippen molar-refractivity contribution in [3.05, 3.63) is 0 Å². The third-order valence-electron chi connectivity index (χ3n) is 1.96. The van der Waals surface area contributed by atoms with E-state index in [0.717, 1.165) is 0 Å². The second-order valence-electron chi connectivity index (χ2n) is 2.96. The summed E-state index contributed by atoms with van der Waals surface area (Å²) in [6.07, 6.45) is 1.32. The molecule has 0 aromatic heterocycles. The fourth-order valence-electron chi connectivity index (χ4n) is 1.27. The van der Waals surface area contributed by atoms with Crippen LogP contribution in [0.5, 0.6) is 0 Å². The Hall–Kier alpha value is -0.610. The maximum atomic E-state index is 10.7. The number of methoxy groups -OCH3 is 1. The first-order chi connectivity index (χ1) is 5.72. The number of carbonyl (C=O) groups excluding carboxylic acids is 1. The Morgan fingerprint density at radius 3 is 3.00 bits per heavy atom. The summed E-state index contributed by atoms with van der Waals surface area (Å²) in [5.74, 6) is -0.222. The second kappa shape index (κ2) is 4.42. The number of ether oxygens (including phenoxy) is 2. The molecule has 12 heavy (non-hydrogen) atoms. The summed E-state index contributed by atoms with van der Waals surface area (Å²) in [6, 6.07) is 0. The molecule has 4 nitrogen and oxygen atoms in total. The lowest BCUT2D eigenvalue weighted by atomic mass is 10.1. The zero-order valence-electron chi connectivity index (χ0n) is 7.16. The van der Waals surface area contributed by atoms with Gasteiger partial charge >= 0.3 is 5.97 Å². The molecule has 1 saturated heterocycles. The van der Waals surface area contributed by atoms with Crippen molar-refractivity contribution in [2.75, 3.05) is 13.7 Å². The summed E-state index contributed by atoms with van der Waals surface area (Å²) in [5.41, 5.74) is 0. The number of hydrogen-bond donors (Lipinski definition) is 1. The predicted octanol–water partition coefficient (Wildman–Crippen LogP) is 0.0894. The fraction of sp³-hybridized carbons (Fsp3) is 0.875. The molecule has 1 rings (SSSR count). The molecule has 0 aliphatic carbocycles. The van der Waals surface area contributed by atoms with Gasteiger partial charge in [0.1, 0.15) is 0 Å². The van der Waals surface area contributed by atoms with Crippen LogP contribution in [-0.2, 0) is 14.3 Å². The lowest BCUT2D eigenvalue weighted by Crippen LogP contribution is -2.10. The molecule has 1 aliphatic heterocycles. The monoisotopic (exact) mass is 174 g/mol. The van der Waals surface area contributed by atoms with Gasteiger partial charge in [-0.2, -0.15) is 0 Å². The van der Waals surface area contributed by atoms with Gasteiger partial charge in [-0.25, -0.2) is 0 Å². The number of esters is 1. The summed E-state index contributed by atoms with van der Waals surface area (Å²) < 4.78 is 9.68. The van der Waals surface area contributed by atoms with E-state index >= 15 is 0 Å². The summed E-state index contributed by atoms with van der Waals surface area (Å²) in [4.78, 5) is 10.7. The molecule has 0 saturated carbocycles. The molecule has 1 heterocycles. The Morgan fingerprint density at radius 1 is 1.75 bits per heavy atom. The van der Waals surface area contributed by atoms with Gasteiger partial charge in [-0.3, -0.25) is 4.79 Å². The maximum Gasteiger partial charge on any atom is 0.305 e. The number of aliphatic hydroxyl groups is 1. The number of carbonyl (C=O) groups is 1. The first-order valence-electron chi connectivity index (χ1n) is 4.09. The molecule has 0 radical (unpaired) electrons. The molecule has 1 aliphatic rings. The highest BCUT2D eigenvalue weighted by Gasteiger charge is 2.23. The average molecular weight is 174 g/mol. The molecule has 1 fully saturated rings. The largest absolute Gasteiger partial charge is 0.469 e. The Kier molecular flexibility index (Phi) is 3.49. The van der Waals surface area contributed by atoms with Crippen molar-refractivity contribution in [1.29, 1.82) is 0 Å². The van der Waals surface area contributed by atoms with Crippen molar-refractivity contribution in [1.82, 2.24) is 0 Å². The van der Waals surface area contributed by atoms with Crippen molar-refractivity contribution in [2.24, 2.45) is 0 Å². The quantitative estimate of drug-likeness (QED) is 0.616. The molecular weight excluding hydrogens is 160 g/mol. The molecule has 0 amide bonds. The van der Waals surface area contributed by atoms with Gasteiger partial charge in [-0.1, -0.05) is 0 Å². The Labute approximate surface area is 71.5 Å². The van der Waals surface area contributed by atoms with Crippen molar-refractivity contribution < 1.29 is 19.4 Å². The summed E-state index contributed by atoms with van der Waals surface area (Å²) >= 11 is 0. The van der Waals surface area contributed by atoms with Gasteiger partial charge in [0, 0.05) is 12.8 Å². The molecule has 70 valence electrons. The third kappa shape index (κ3) is 2.79. The normalized spacial score (nSPS) is 28.8.